The van der Waals surface area contributed by atoms with E-state index in [0.29, 0.717) is 6.54 Å². The van der Waals surface area contributed by atoms with Crippen molar-refractivity contribution in [1.82, 2.24) is 0 Å². The predicted octanol–water partition coefficient (Wildman–Crippen LogP) is 3.36. The molecule has 0 spiro atoms. The number of hydrogen-bond donors (Lipinski definition) is 1. The van der Waals surface area contributed by atoms with E-state index < -0.39 is 0 Å². The van der Waals surface area contributed by atoms with E-state index in [1.807, 2.05) is 29.3 Å². The molecule has 0 saturated carbocycles. The molecule has 0 aromatic heterocycles. The molecule has 3 rings (SSSR count). The summed E-state index contributed by atoms with van der Waals surface area (Å²) < 4.78 is 10.9. The summed E-state index contributed by atoms with van der Waals surface area (Å²) >= 11 is 0. The second-order valence-electron chi connectivity index (χ2n) is 5.72. The molecule has 1 heterocycles. The van der Waals surface area contributed by atoms with Crippen LogP contribution in [0.2, 0.25) is 0 Å². The van der Waals surface area contributed by atoms with Crippen molar-refractivity contribution in [2.75, 3.05) is 25.8 Å². The van der Waals surface area contributed by atoms with Crippen molar-refractivity contribution < 1.29 is 9.47 Å². The second kappa shape index (κ2) is 7.36. The van der Waals surface area contributed by atoms with Crippen LogP contribution in [0.25, 0.3) is 0 Å². The molecule has 1 unspecified atom stereocenters. The maximum atomic E-state index is 5.73. The Bertz CT molecular complexity index is 716. The van der Waals surface area contributed by atoms with E-state index in [1.54, 1.807) is 14.2 Å². The molecule has 0 fully saturated rings. The molecule has 0 amide bonds. The van der Waals surface area contributed by atoms with Crippen molar-refractivity contribution in [3.8, 4) is 11.5 Å². The highest BCUT2D eigenvalue weighted by atomic mass is 16.5. The first-order valence-electron chi connectivity index (χ1n) is 8.09. The van der Waals surface area contributed by atoms with Crippen molar-refractivity contribution in [2.24, 2.45) is 10.8 Å². The third kappa shape index (κ3) is 3.21. The van der Waals surface area contributed by atoms with E-state index in [4.69, 9.17) is 20.3 Å². The topological polar surface area (TPSA) is 60.1 Å². The summed E-state index contributed by atoms with van der Waals surface area (Å²) in [4.78, 5) is 0. The smallest absolute Gasteiger partial charge is 0.144 e. The van der Waals surface area contributed by atoms with E-state index in [2.05, 4.69) is 24.3 Å². The highest BCUT2D eigenvalue weighted by Gasteiger charge is 2.30. The molecule has 2 aromatic carbocycles. The number of nitrogens with zero attached hydrogens (tertiary/aromatic N) is 2. The molecule has 2 N–H and O–H groups in total. The van der Waals surface area contributed by atoms with Gasteiger partial charge in [-0.05, 0) is 30.7 Å². The van der Waals surface area contributed by atoms with Gasteiger partial charge in [-0.1, -0.05) is 30.3 Å². The lowest BCUT2D eigenvalue weighted by Crippen LogP contribution is -2.19. The Balaban J connectivity index is 2.04. The predicted molar refractivity (Wildman–Crippen MR) is 96.9 cm³/mol. The van der Waals surface area contributed by atoms with Crippen LogP contribution in [-0.2, 0) is 0 Å². The van der Waals surface area contributed by atoms with E-state index in [0.717, 1.165) is 35.7 Å². The minimum Gasteiger partial charge on any atom is -0.497 e. The Hall–Kier alpha value is -2.53. The molecular weight excluding hydrogens is 302 g/mol. The summed E-state index contributed by atoms with van der Waals surface area (Å²) in [7, 11) is 3.33. The van der Waals surface area contributed by atoms with E-state index in [1.165, 1.54) is 5.56 Å². The fourth-order valence-electron chi connectivity index (χ4n) is 3.02. The lowest BCUT2D eigenvalue weighted by Gasteiger charge is -2.26. The lowest BCUT2D eigenvalue weighted by molar-refractivity contribution is 0.402. The Morgan fingerprint density at radius 2 is 1.92 bits per heavy atom. The molecule has 1 aliphatic heterocycles. The minimum atomic E-state index is 0.133. The zero-order valence-corrected chi connectivity index (χ0v) is 14.1. The number of benzene rings is 2. The van der Waals surface area contributed by atoms with Gasteiger partial charge in [0.15, 0.2) is 0 Å². The zero-order valence-electron chi connectivity index (χ0n) is 14.1. The maximum Gasteiger partial charge on any atom is 0.144 e. The van der Waals surface area contributed by atoms with Crippen LogP contribution in [0.3, 0.4) is 0 Å². The quantitative estimate of drug-likeness (QED) is 0.885. The fraction of sp³-hybridized carbons (Fsp3) is 0.316. The number of nitrogens with two attached hydrogens (primary N) is 1. The van der Waals surface area contributed by atoms with Gasteiger partial charge >= 0.3 is 0 Å². The van der Waals surface area contributed by atoms with E-state index in [9.17, 15) is 0 Å². The first-order chi connectivity index (χ1) is 11.8. The van der Waals surface area contributed by atoms with Gasteiger partial charge in [0.2, 0.25) is 0 Å². The summed E-state index contributed by atoms with van der Waals surface area (Å²) in [5, 5.41) is 6.85. The van der Waals surface area contributed by atoms with Crippen LogP contribution in [0.4, 0.5) is 5.69 Å². The molecule has 5 nitrogen and oxygen atoms in total. The van der Waals surface area contributed by atoms with Crippen molar-refractivity contribution in [1.29, 1.82) is 0 Å². The first kappa shape index (κ1) is 16.3. The Morgan fingerprint density at radius 1 is 1.12 bits per heavy atom. The number of rotatable bonds is 6. The van der Waals surface area contributed by atoms with Gasteiger partial charge in [0.25, 0.3) is 0 Å². The van der Waals surface area contributed by atoms with Crippen LogP contribution < -0.4 is 20.2 Å². The third-order valence-electron chi connectivity index (χ3n) is 4.22. The number of hydrogen-bond acceptors (Lipinski definition) is 5. The van der Waals surface area contributed by atoms with Crippen LogP contribution in [0, 0.1) is 0 Å². The van der Waals surface area contributed by atoms with Gasteiger partial charge in [-0.15, -0.1) is 0 Å². The third-order valence-corrected chi connectivity index (χ3v) is 4.22. The molecule has 0 radical (unpaired) electrons. The summed E-state index contributed by atoms with van der Waals surface area (Å²) in [6.45, 7) is 0.601. The summed E-state index contributed by atoms with van der Waals surface area (Å²) in [5.41, 5.74) is 8.96. The average Bonchev–Trinajstić information content (AvgIpc) is 3.06. The Morgan fingerprint density at radius 3 is 2.58 bits per heavy atom. The summed E-state index contributed by atoms with van der Waals surface area (Å²) in [5.74, 6) is 1.55. The monoisotopic (exact) mass is 325 g/mol. The highest BCUT2D eigenvalue weighted by Crippen LogP contribution is 2.41. The molecular formula is C19H23N3O2. The van der Waals surface area contributed by atoms with E-state index >= 15 is 0 Å². The van der Waals surface area contributed by atoms with Crippen LogP contribution in [0.15, 0.2) is 53.6 Å². The molecule has 0 saturated heterocycles. The van der Waals surface area contributed by atoms with Crippen LogP contribution in [0.1, 0.15) is 24.4 Å². The van der Waals surface area contributed by atoms with Crippen LogP contribution in [-0.4, -0.2) is 26.5 Å². The molecule has 2 aromatic rings. The van der Waals surface area contributed by atoms with Gasteiger partial charge in [0, 0.05) is 18.2 Å². The number of anilines is 1. The average molecular weight is 325 g/mol. The van der Waals surface area contributed by atoms with Crippen LogP contribution in [0.5, 0.6) is 11.5 Å². The van der Waals surface area contributed by atoms with Crippen molar-refractivity contribution in [2.45, 2.75) is 18.9 Å². The molecule has 24 heavy (non-hydrogen) atoms. The second-order valence-corrected chi connectivity index (χ2v) is 5.72. The van der Waals surface area contributed by atoms with E-state index in [-0.39, 0.29) is 6.04 Å². The van der Waals surface area contributed by atoms with Crippen molar-refractivity contribution in [3.05, 3.63) is 54.1 Å². The molecule has 0 bridgehead atoms. The molecule has 1 atom stereocenters. The van der Waals surface area contributed by atoms with Gasteiger partial charge in [-0.2, -0.15) is 5.10 Å². The Labute approximate surface area is 142 Å². The summed E-state index contributed by atoms with van der Waals surface area (Å²) in [6, 6.07) is 16.3. The highest BCUT2D eigenvalue weighted by molar-refractivity contribution is 5.89. The number of methoxy groups -OCH3 is 2. The first-order valence-corrected chi connectivity index (χ1v) is 8.09. The molecule has 126 valence electrons. The van der Waals surface area contributed by atoms with Gasteiger partial charge in [0.05, 0.1) is 20.3 Å². The summed E-state index contributed by atoms with van der Waals surface area (Å²) in [6.07, 6.45) is 1.66. The minimum absolute atomic E-state index is 0.133. The van der Waals surface area contributed by atoms with Gasteiger partial charge < -0.3 is 15.2 Å². The maximum absolute atomic E-state index is 5.73. The van der Waals surface area contributed by atoms with Crippen molar-refractivity contribution >= 4 is 11.4 Å². The number of hydrazone groups is 1. The Kier molecular flexibility index (Phi) is 5.01. The molecule has 5 heteroatoms. The normalized spacial score (nSPS) is 16.9. The lowest BCUT2D eigenvalue weighted by atomic mass is 10.0. The van der Waals surface area contributed by atoms with Crippen molar-refractivity contribution in [3.63, 3.8) is 0 Å². The number of ether oxygens (including phenoxy) is 2. The standard InChI is InChI=1S/C19H23N3O2/c1-23-16-8-9-19(24-2)18(13-16)22-17(12-15(21-22)10-11-20)14-6-4-3-5-7-14/h3-9,13,17H,10-12,20H2,1-2H3. The SMILES string of the molecule is COc1ccc(OC)c(N2N=C(CCN)CC2c2ccccc2)c1. The van der Waals surface area contributed by atoms with Gasteiger partial charge in [-0.3, -0.25) is 5.01 Å². The largest absolute Gasteiger partial charge is 0.497 e. The van der Waals surface area contributed by atoms with Gasteiger partial charge in [0.1, 0.15) is 17.2 Å². The van der Waals surface area contributed by atoms with Gasteiger partial charge in [-0.25, -0.2) is 0 Å². The molecule has 0 aliphatic carbocycles. The molecule has 1 aliphatic rings. The zero-order chi connectivity index (χ0) is 16.9. The van der Waals surface area contributed by atoms with Crippen LogP contribution >= 0.6 is 0 Å². The fourth-order valence-corrected chi connectivity index (χ4v) is 3.02.